The summed E-state index contributed by atoms with van der Waals surface area (Å²) in [4.78, 5) is 26.0. The molecule has 2 amide bonds. The van der Waals surface area contributed by atoms with Crippen molar-refractivity contribution in [2.24, 2.45) is 5.92 Å². The summed E-state index contributed by atoms with van der Waals surface area (Å²) >= 11 is 12.0. The molecular formula is C18H22Cl2N2O2. The maximum absolute atomic E-state index is 12.3. The van der Waals surface area contributed by atoms with E-state index in [0.717, 1.165) is 6.42 Å². The minimum Gasteiger partial charge on any atom is -0.356 e. The maximum Gasteiger partial charge on any atom is 0.246 e. The Kier molecular flexibility index (Phi) is 7.13. The van der Waals surface area contributed by atoms with Gasteiger partial charge in [0.25, 0.3) is 0 Å². The zero-order chi connectivity index (χ0) is 17.5. The Morgan fingerprint density at radius 2 is 2.00 bits per heavy atom. The van der Waals surface area contributed by atoms with Crippen LogP contribution in [-0.4, -0.2) is 36.3 Å². The van der Waals surface area contributed by atoms with E-state index in [1.54, 1.807) is 29.2 Å². The van der Waals surface area contributed by atoms with Crippen LogP contribution >= 0.6 is 23.2 Å². The van der Waals surface area contributed by atoms with Crippen LogP contribution in [0.2, 0.25) is 10.0 Å². The van der Waals surface area contributed by atoms with E-state index in [4.69, 9.17) is 23.2 Å². The molecule has 2 rings (SSSR count). The summed E-state index contributed by atoms with van der Waals surface area (Å²) in [6.45, 7) is 3.93. The Labute approximate surface area is 152 Å². The summed E-state index contributed by atoms with van der Waals surface area (Å²) in [7, 11) is 0. The van der Waals surface area contributed by atoms with Crippen molar-refractivity contribution >= 4 is 41.1 Å². The summed E-state index contributed by atoms with van der Waals surface area (Å²) in [5.74, 6) is 0.0376. The van der Waals surface area contributed by atoms with Crippen LogP contribution in [0.5, 0.6) is 0 Å². The van der Waals surface area contributed by atoms with E-state index in [0.29, 0.717) is 48.1 Å². The first-order valence-corrected chi connectivity index (χ1v) is 8.96. The van der Waals surface area contributed by atoms with Gasteiger partial charge in [0.1, 0.15) is 0 Å². The van der Waals surface area contributed by atoms with Crippen molar-refractivity contribution in [3.05, 3.63) is 39.9 Å². The number of rotatable bonds is 5. The number of nitrogens with zero attached hydrogens (tertiary/aromatic N) is 1. The molecule has 1 heterocycles. The number of carbonyl (C=O) groups excluding carboxylic acids is 2. The molecule has 0 spiro atoms. The molecule has 1 aromatic carbocycles. The second-order valence-corrected chi connectivity index (χ2v) is 6.73. The van der Waals surface area contributed by atoms with E-state index in [2.05, 4.69) is 5.32 Å². The molecule has 1 N–H and O–H groups in total. The third kappa shape index (κ3) is 5.25. The van der Waals surface area contributed by atoms with Gasteiger partial charge in [-0.1, -0.05) is 30.1 Å². The Balaban J connectivity index is 1.87. The van der Waals surface area contributed by atoms with Gasteiger partial charge in [-0.3, -0.25) is 9.59 Å². The highest BCUT2D eigenvalue weighted by Crippen LogP contribution is 2.22. The van der Waals surface area contributed by atoms with Gasteiger partial charge < -0.3 is 10.2 Å². The van der Waals surface area contributed by atoms with Crippen LogP contribution in [0, 0.1) is 5.92 Å². The third-order valence-electron chi connectivity index (χ3n) is 4.09. The lowest BCUT2D eigenvalue weighted by molar-refractivity contribution is -0.132. The number of likely N-dealkylation sites (tertiary alicyclic amines) is 1. The van der Waals surface area contributed by atoms with Crippen LogP contribution in [-0.2, 0) is 9.59 Å². The first-order chi connectivity index (χ1) is 11.5. The molecule has 24 heavy (non-hydrogen) atoms. The summed E-state index contributed by atoms with van der Waals surface area (Å²) in [6.07, 6.45) is 5.52. The van der Waals surface area contributed by atoms with Crippen molar-refractivity contribution in [3.63, 3.8) is 0 Å². The number of benzene rings is 1. The van der Waals surface area contributed by atoms with Crippen LogP contribution in [0.3, 0.4) is 0 Å². The number of piperidine rings is 1. The Hall–Kier alpha value is -1.52. The largest absolute Gasteiger partial charge is 0.356 e. The zero-order valence-corrected chi connectivity index (χ0v) is 15.2. The predicted octanol–water partition coefficient (Wildman–Crippen LogP) is 3.77. The van der Waals surface area contributed by atoms with Gasteiger partial charge in [-0.05, 0) is 49.1 Å². The van der Waals surface area contributed by atoms with E-state index in [1.165, 1.54) is 6.08 Å². The molecule has 1 aromatic rings. The topological polar surface area (TPSA) is 49.4 Å². The molecule has 0 atom stereocenters. The molecule has 1 saturated heterocycles. The van der Waals surface area contributed by atoms with Gasteiger partial charge in [0.2, 0.25) is 11.8 Å². The molecular weight excluding hydrogens is 347 g/mol. The number of nitrogens with one attached hydrogen (secondary N) is 1. The van der Waals surface area contributed by atoms with Gasteiger partial charge in [0, 0.05) is 41.7 Å². The summed E-state index contributed by atoms with van der Waals surface area (Å²) < 4.78 is 0. The normalized spacial score (nSPS) is 15.7. The van der Waals surface area contributed by atoms with Gasteiger partial charge in [0.15, 0.2) is 0 Å². The van der Waals surface area contributed by atoms with E-state index < -0.39 is 0 Å². The van der Waals surface area contributed by atoms with E-state index in [1.807, 2.05) is 6.92 Å². The molecule has 0 unspecified atom stereocenters. The molecule has 0 aliphatic carbocycles. The first-order valence-electron chi connectivity index (χ1n) is 8.21. The van der Waals surface area contributed by atoms with Crippen LogP contribution < -0.4 is 5.32 Å². The third-order valence-corrected chi connectivity index (χ3v) is 4.67. The molecule has 0 radical (unpaired) electrons. The number of halogens is 2. The second-order valence-electron chi connectivity index (χ2n) is 5.89. The van der Waals surface area contributed by atoms with E-state index in [9.17, 15) is 9.59 Å². The van der Waals surface area contributed by atoms with E-state index >= 15 is 0 Å². The van der Waals surface area contributed by atoms with Crippen LogP contribution in [0.4, 0.5) is 0 Å². The smallest absolute Gasteiger partial charge is 0.246 e. The molecule has 130 valence electrons. The highest BCUT2D eigenvalue weighted by Gasteiger charge is 2.26. The van der Waals surface area contributed by atoms with Crippen molar-refractivity contribution in [2.75, 3.05) is 19.6 Å². The molecule has 6 heteroatoms. The number of hydrogen-bond acceptors (Lipinski definition) is 2. The number of carbonyl (C=O) groups is 2. The molecule has 1 aliphatic heterocycles. The minimum atomic E-state index is -0.0709. The molecule has 0 aromatic heterocycles. The van der Waals surface area contributed by atoms with Crippen molar-refractivity contribution < 1.29 is 9.59 Å². The number of hydrogen-bond donors (Lipinski definition) is 1. The lowest BCUT2D eigenvalue weighted by Gasteiger charge is -2.30. The molecule has 4 nitrogen and oxygen atoms in total. The lowest BCUT2D eigenvalue weighted by Crippen LogP contribution is -2.42. The van der Waals surface area contributed by atoms with Crippen molar-refractivity contribution in [1.82, 2.24) is 10.2 Å². The Bertz CT molecular complexity index is 623. The summed E-state index contributed by atoms with van der Waals surface area (Å²) in [6, 6.07) is 5.13. The fraction of sp³-hybridized carbons (Fsp3) is 0.444. The van der Waals surface area contributed by atoms with E-state index in [-0.39, 0.29) is 17.7 Å². The SMILES string of the molecule is CCCNC(=O)C1CCN(C(=O)/C=C/c2cc(Cl)ccc2Cl)CC1. The molecule has 0 saturated carbocycles. The average molecular weight is 369 g/mol. The number of amides is 2. The predicted molar refractivity (Wildman–Crippen MR) is 98.1 cm³/mol. The van der Waals surface area contributed by atoms with Crippen molar-refractivity contribution in [1.29, 1.82) is 0 Å². The van der Waals surface area contributed by atoms with Gasteiger partial charge in [-0.25, -0.2) is 0 Å². The van der Waals surface area contributed by atoms with Gasteiger partial charge in [0.05, 0.1) is 0 Å². The van der Waals surface area contributed by atoms with Gasteiger partial charge in [-0.15, -0.1) is 0 Å². The maximum atomic E-state index is 12.3. The fourth-order valence-corrected chi connectivity index (χ4v) is 3.02. The Morgan fingerprint density at radius 3 is 2.67 bits per heavy atom. The highest BCUT2D eigenvalue weighted by molar-refractivity contribution is 6.34. The summed E-state index contributed by atoms with van der Waals surface area (Å²) in [5, 5.41) is 4.05. The van der Waals surface area contributed by atoms with Crippen LogP contribution in [0.15, 0.2) is 24.3 Å². The molecule has 1 fully saturated rings. The van der Waals surface area contributed by atoms with Crippen LogP contribution in [0.25, 0.3) is 6.08 Å². The standard InChI is InChI=1S/C18H22Cl2N2O2/c1-2-9-21-18(24)13-7-10-22(11-8-13)17(23)6-3-14-12-15(19)4-5-16(14)20/h3-6,12-13H,2,7-11H2,1H3,(H,21,24)/b6-3+. The van der Waals surface area contributed by atoms with Gasteiger partial charge in [-0.2, -0.15) is 0 Å². The molecule has 1 aliphatic rings. The first kappa shape index (κ1) is 18.8. The lowest BCUT2D eigenvalue weighted by atomic mass is 9.96. The second kappa shape index (κ2) is 9.09. The fourth-order valence-electron chi connectivity index (χ4n) is 2.66. The Morgan fingerprint density at radius 1 is 1.29 bits per heavy atom. The quantitative estimate of drug-likeness (QED) is 0.804. The van der Waals surface area contributed by atoms with Crippen molar-refractivity contribution in [3.8, 4) is 0 Å². The highest BCUT2D eigenvalue weighted by atomic mass is 35.5. The molecule has 0 bridgehead atoms. The van der Waals surface area contributed by atoms with Gasteiger partial charge >= 0.3 is 0 Å². The van der Waals surface area contributed by atoms with Crippen molar-refractivity contribution in [2.45, 2.75) is 26.2 Å². The zero-order valence-electron chi connectivity index (χ0n) is 13.7. The van der Waals surface area contributed by atoms with Crippen LogP contribution in [0.1, 0.15) is 31.7 Å². The minimum absolute atomic E-state index is 0.00644. The summed E-state index contributed by atoms with van der Waals surface area (Å²) in [5.41, 5.74) is 0.714. The average Bonchev–Trinajstić information content (AvgIpc) is 2.60. The monoisotopic (exact) mass is 368 g/mol.